The van der Waals surface area contributed by atoms with Gasteiger partial charge in [0.2, 0.25) is 0 Å². The van der Waals surface area contributed by atoms with Gasteiger partial charge >= 0.3 is 7.12 Å². The molecule has 3 aliphatic rings. The second-order valence-corrected chi connectivity index (χ2v) is 29.1. The van der Waals surface area contributed by atoms with E-state index in [9.17, 15) is 0 Å². The fourth-order valence-electron chi connectivity index (χ4n) is 6.28. The van der Waals surface area contributed by atoms with Crippen molar-refractivity contribution in [3.8, 4) is 11.5 Å². The second kappa shape index (κ2) is 14.3. The van der Waals surface area contributed by atoms with E-state index in [1.165, 1.54) is 24.0 Å². The molecule has 0 aromatic heterocycles. The summed E-state index contributed by atoms with van der Waals surface area (Å²) in [5.74, 6) is 1.70. The molecule has 0 unspecified atom stereocenters. The Kier molecular flexibility index (Phi) is 11.9. The number of methoxy groups -OCH3 is 2. The van der Waals surface area contributed by atoms with Crippen LogP contribution in [0.2, 0.25) is 36.3 Å². The molecular weight excluding hydrogens is 723 g/mol. The van der Waals surface area contributed by atoms with Crippen molar-refractivity contribution in [3.05, 3.63) is 52.0 Å². The third-order valence-electron chi connectivity index (χ3n) is 12.8. The normalized spacial score (nSPS) is 21.0. The Labute approximate surface area is 315 Å². The largest absolute Gasteiger partial charge is 0.498 e. The minimum atomic E-state index is -1.89. The molecule has 0 spiro atoms. The molecule has 2 aliphatic carbocycles. The van der Waals surface area contributed by atoms with E-state index in [2.05, 4.69) is 148 Å². The van der Waals surface area contributed by atoms with E-state index in [0.717, 1.165) is 47.1 Å². The van der Waals surface area contributed by atoms with Gasteiger partial charge in [-0.2, -0.15) is 0 Å². The van der Waals surface area contributed by atoms with Crippen molar-refractivity contribution in [2.45, 2.75) is 166 Å². The Morgan fingerprint density at radius 2 is 1.02 bits per heavy atom. The summed E-state index contributed by atoms with van der Waals surface area (Å²) in [5, 5.41) is 0.414. The van der Waals surface area contributed by atoms with E-state index in [4.69, 9.17) is 27.6 Å². The van der Waals surface area contributed by atoms with Crippen LogP contribution in [0.15, 0.2) is 40.9 Å². The first-order valence-electron chi connectivity index (χ1n) is 18.5. The third-order valence-corrected chi connectivity index (χ3v) is 22.5. The Balaban J connectivity index is 0.000000237. The predicted molar refractivity (Wildman–Crippen MR) is 217 cm³/mol. The minimum Gasteiger partial charge on any atom is -0.497 e. The van der Waals surface area contributed by atoms with Crippen molar-refractivity contribution >= 4 is 45.1 Å². The number of rotatable bonds is 9. The summed E-state index contributed by atoms with van der Waals surface area (Å²) < 4.78 is 38.5. The maximum atomic E-state index is 6.96. The first-order chi connectivity index (χ1) is 22.8. The van der Waals surface area contributed by atoms with Crippen LogP contribution in [-0.2, 0) is 29.4 Å². The van der Waals surface area contributed by atoms with E-state index in [1.54, 1.807) is 14.2 Å². The number of ether oxygens (including phenoxy) is 2. The Bertz CT molecular complexity index is 1490. The molecule has 10 heteroatoms. The van der Waals surface area contributed by atoms with Crippen LogP contribution < -0.4 is 14.9 Å². The summed E-state index contributed by atoms with van der Waals surface area (Å²) in [7, 11) is -0.670. The lowest BCUT2D eigenvalue weighted by molar-refractivity contribution is -0.0256. The van der Waals surface area contributed by atoms with Crippen LogP contribution in [0.4, 0.5) is 0 Å². The van der Waals surface area contributed by atoms with Crippen LogP contribution in [-0.4, -0.2) is 49.2 Å². The number of halogens is 1. The van der Waals surface area contributed by atoms with Crippen molar-refractivity contribution in [3.63, 3.8) is 0 Å². The summed E-state index contributed by atoms with van der Waals surface area (Å²) in [6.07, 6.45) is 6.81. The molecule has 50 heavy (non-hydrogen) atoms. The van der Waals surface area contributed by atoms with Gasteiger partial charge in [-0.15, -0.1) is 0 Å². The zero-order chi connectivity index (χ0) is 37.8. The molecule has 5 rings (SSSR count). The van der Waals surface area contributed by atoms with Crippen LogP contribution >= 0.6 is 15.9 Å². The number of hydrogen-bond donors (Lipinski definition) is 0. The minimum absolute atomic E-state index is 0.100. The highest BCUT2D eigenvalue weighted by Crippen LogP contribution is 2.53. The monoisotopic (exact) mass is 788 g/mol. The summed E-state index contributed by atoms with van der Waals surface area (Å²) in [6, 6.07) is 12.8. The molecule has 1 aliphatic heterocycles. The summed E-state index contributed by atoms with van der Waals surface area (Å²) in [6.45, 7) is 31.4. The third kappa shape index (κ3) is 8.17. The number of benzene rings is 2. The maximum absolute atomic E-state index is 6.96. The smallest absolute Gasteiger partial charge is 0.497 e. The lowest BCUT2D eigenvalue weighted by atomic mass is 9.72. The highest BCUT2D eigenvalue weighted by Gasteiger charge is 2.54. The van der Waals surface area contributed by atoms with Gasteiger partial charge in [0.15, 0.2) is 16.6 Å². The molecule has 3 fully saturated rings. The molecule has 1 saturated heterocycles. The van der Waals surface area contributed by atoms with Crippen molar-refractivity contribution in [2.75, 3.05) is 14.2 Å². The standard InChI is InChI=1S/C23H39BO4Si.C17H27BrO2Si/c1-20(2,3)29(9,10)28-23(14-11-15-23)17-12-13-18(19(16-17)25-8)24-26-21(4,5)22(6,7)27-24;1-16(2,3)21(5,6)20-17(10-7-11-17)13-8-9-14(18)15(12-13)19-4/h12-13,16H,11,14-15H2,1-10H3;8-9,12H,7,10-11H2,1-6H3. The molecule has 1 heterocycles. The van der Waals surface area contributed by atoms with Crippen LogP contribution in [0.3, 0.4) is 0 Å². The van der Waals surface area contributed by atoms with Crippen LogP contribution in [0.5, 0.6) is 11.5 Å². The van der Waals surface area contributed by atoms with Crippen molar-refractivity contribution in [2.24, 2.45) is 0 Å². The molecular formula is C40H66BBrO6Si2. The molecule has 2 saturated carbocycles. The highest BCUT2D eigenvalue weighted by molar-refractivity contribution is 9.10. The molecule has 0 bridgehead atoms. The van der Waals surface area contributed by atoms with Crippen molar-refractivity contribution in [1.82, 2.24) is 0 Å². The lowest BCUT2D eigenvalue weighted by Crippen LogP contribution is -2.51. The first kappa shape index (κ1) is 41.6. The Morgan fingerprint density at radius 3 is 1.36 bits per heavy atom. The van der Waals surface area contributed by atoms with Crippen LogP contribution in [0, 0.1) is 0 Å². The zero-order valence-corrected chi connectivity index (χ0v) is 37.7. The molecule has 0 atom stereocenters. The fourth-order valence-corrected chi connectivity index (χ4v) is 9.90. The molecule has 280 valence electrons. The molecule has 6 nitrogen and oxygen atoms in total. The Morgan fingerprint density at radius 1 is 0.640 bits per heavy atom. The van der Waals surface area contributed by atoms with E-state index >= 15 is 0 Å². The van der Waals surface area contributed by atoms with E-state index in [0.29, 0.717) is 0 Å². The summed E-state index contributed by atoms with van der Waals surface area (Å²) in [4.78, 5) is 0. The van der Waals surface area contributed by atoms with Crippen molar-refractivity contribution in [1.29, 1.82) is 0 Å². The van der Waals surface area contributed by atoms with Crippen molar-refractivity contribution < 1.29 is 27.6 Å². The average molecular weight is 790 g/mol. The maximum Gasteiger partial charge on any atom is 0.498 e. The molecule has 0 radical (unpaired) electrons. The topological polar surface area (TPSA) is 55.4 Å². The van der Waals surface area contributed by atoms with Gasteiger partial charge in [0.25, 0.3) is 0 Å². The van der Waals surface area contributed by atoms with Gasteiger partial charge in [-0.1, -0.05) is 59.7 Å². The molecule has 2 aromatic rings. The zero-order valence-electron chi connectivity index (χ0n) is 34.1. The van der Waals surface area contributed by atoms with Gasteiger partial charge in [0, 0.05) is 5.46 Å². The Hall–Kier alpha value is -1.14. The molecule has 0 N–H and O–H groups in total. The van der Waals surface area contributed by atoms with Gasteiger partial charge in [-0.3, -0.25) is 0 Å². The van der Waals surface area contributed by atoms with Crippen LogP contribution in [0.1, 0.15) is 119 Å². The highest BCUT2D eigenvalue weighted by atomic mass is 79.9. The van der Waals surface area contributed by atoms with Gasteiger partial charge in [-0.25, -0.2) is 0 Å². The predicted octanol–water partition coefficient (Wildman–Crippen LogP) is 11.3. The van der Waals surface area contributed by atoms with Gasteiger partial charge in [0.1, 0.15) is 11.5 Å². The average Bonchev–Trinajstić information content (AvgIpc) is 3.18. The fraction of sp³-hybridized carbons (Fsp3) is 0.700. The van der Waals surface area contributed by atoms with Gasteiger partial charge in [0.05, 0.1) is 41.1 Å². The molecule has 2 aromatic carbocycles. The number of hydrogen-bond acceptors (Lipinski definition) is 6. The van der Waals surface area contributed by atoms with Crippen LogP contribution in [0.25, 0.3) is 0 Å². The van der Waals surface area contributed by atoms with E-state index in [-0.39, 0.29) is 32.5 Å². The summed E-state index contributed by atoms with van der Waals surface area (Å²) >= 11 is 3.53. The SMILES string of the molecule is COc1cc(C2(O[Si](C)(C)C(C)(C)C)CCC2)ccc1B1OC(C)(C)C(C)(C)O1.COc1cc(C2(O[Si](C)(C)C(C)(C)C)CCC2)ccc1Br. The first-order valence-corrected chi connectivity index (χ1v) is 25.1. The molecule has 0 amide bonds. The van der Waals surface area contributed by atoms with Gasteiger partial charge < -0.3 is 27.6 Å². The van der Waals surface area contributed by atoms with E-state index < -0.39 is 23.8 Å². The van der Waals surface area contributed by atoms with E-state index in [1.807, 2.05) is 0 Å². The lowest BCUT2D eigenvalue weighted by Gasteiger charge is -2.50. The quantitative estimate of drug-likeness (QED) is 0.236. The second-order valence-electron chi connectivity index (χ2n) is 18.8. The van der Waals surface area contributed by atoms with Gasteiger partial charge in [-0.05, 0) is 148 Å². The summed E-state index contributed by atoms with van der Waals surface area (Å²) in [5.41, 5.74) is 2.38.